The van der Waals surface area contributed by atoms with E-state index in [0.29, 0.717) is 5.56 Å². The van der Waals surface area contributed by atoms with Crippen molar-refractivity contribution in [3.63, 3.8) is 0 Å². The lowest BCUT2D eigenvalue weighted by Crippen LogP contribution is -1.95. The summed E-state index contributed by atoms with van der Waals surface area (Å²) in [6.45, 7) is 2.15. The van der Waals surface area contributed by atoms with Gasteiger partial charge in [-0.25, -0.2) is 4.39 Å². The molecule has 0 aliphatic carbocycles. The summed E-state index contributed by atoms with van der Waals surface area (Å²) in [6.07, 6.45) is 2.38. The molecule has 0 aliphatic heterocycles. The molecular weight excluding hydrogens is 197 g/mol. The Morgan fingerprint density at radius 3 is 2.93 bits per heavy atom. The zero-order chi connectivity index (χ0) is 10.4. The van der Waals surface area contributed by atoms with Crippen LogP contribution in [0.5, 0.6) is 0 Å². The van der Waals surface area contributed by atoms with Crippen molar-refractivity contribution in [1.29, 1.82) is 0 Å². The van der Waals surface area contributed by atoms with Gasteiger partial charge in [0, 0.05) is 5.75 Å². The van der Waals surface area contributed by atoms with Gasteiger partial charge in [0.05, 0.1) is 5.69 Å². The van der Waals surface area contributed by atoms with Crippen molar-refractivity contribution in [1.82, 2.24) is 0 Å². The molecule has 1 rings (SSSR count). The first kappa shape index (κ1) is 11.4. The quantitative estimate of drug-likeness (QED) is 0.599. The normalized spacial score (nSPS) is 10.4. The number of halogens is 1. The summed E-state index contributed by atoms with van der Waals surface area (Å²) < 4.78 is 13.4. The Hall–Kier alpha value is -0.700. The Morgan fingerprint density at radius 2 is 2.21 bits per heavy atom. The summed E-state index contributed by atoms with van der Waals surface area (Å²) in [6, 6.07) is 5.19. The molecule has 78 valence electrons. The molecular formula is C11H16FNS. The number of unbranched alkanes of at least 4 members (excludes halogenated alkanes) is 1. The first-order valence-corrected chi connectivity index (χ1v) is 6.01. The Bertz CT molecular complexity index is 289. The number of thioether (sulfide) groups is 1. The van der Waals surface area contributed by atoms with E-state index in [4.69, 9.17) is 5.73 Å². The first-order valence-electron chi connectivity index (χ1n) is 4.86. The van der Waals surface area contributed by atoms with Crippen molar-refractivity contribution in [3.05, 3.63) is 29.6 Å². The largest absolute Gasteiger partial charge is 0.396 e. The Morgan fingerprint density at radius 1 is 1.43 bits per heavy atom. The van der Waals surface area contributed by atoms with E-state index in [1.807, 2.05) is 0 Å². The summed E-state index contributed by atoms with van der Waals surface area (Å²) >= 11 is 1.76. The lowest BCUT2D eigenvalue weighted by Gasteiger charge is -2.04. The van der Waals surface area contributed by atoms with Gasteiger partial charge in [-0.05, 0) is 23.8 Å². The third-order valence-electron chi connectivity index (χ3n) is 2.01. The SMILES string of the molecule is CCCCSCc1cccc(N)c1F. The van der Waals surface area contributed by atoms with Gasteiger partial charge in [-0.3, -0.25) is 0 Å². The van der Waals surface area contributed by atoms with Crippen molar-refractivity contribution in [2.75, 3.05) is 11.5 Å². The number of hydrogen-bond donors (Lipinski definition) is 1. The lowest BCUT2D eigenvalue weighted by atomic mass is 10.2. The van der Waals surface area contributed by atoms with Crippen LogP contribution >= 0.6 is 11.8 Å². The smallest absolute Gasteiger partial charge is 0.150 e. The van der Waals surface area contributed by atoms with Crippen LogP contribution < -0.4 is 5.73 Å². The van der Waals surface area contributed by atoms with Gasteiger partial charge in [0.15, 0.2) is 0 Å². The molecule has 0 amide bonds. The third kappa shape index (κ3) is 3.22. The van der Waals surface area contributed by atoms with Crippen LogP contribution in [-0.4, -0.2) is 5.75 Å². The molecule has 0 radical (unpaired) electrons. The fourth-order valence-electron chi connectivity index (χ4n) is 1.14. The predicted octanol–water partition coefficient (Wildman–Crippen LogP) is 3.44. The zero-order valence-corrected chi connectivity index (χ0v) is 9.24. The maximum absolute atomic E-state index is 13.4. The highest BCUT2D eigenvalue weighted by molar-refractivity contribution is 7.98. The molecule has 0 bridgehead atoms. The molecule has 1 nitrogen and oxygen atoms in total. The van der Waals surface area contributed by atoms with Gasteiger partial charge >= 0.3 is 0 Å². The number of anilines is 1. The van der Waals surface area contributed by atoms with E-state index < -0.39 is 0 Å². The van der Waals surface area contributed by atoms with Crippen LogP contribution in [0.1, 0.15) is 25.3 Å². The van der Waals surface area contributed by atoms with Crippen molar-refractivity contribution in [2.45, 2.75) is 25.5 Å². The number of nitrogens with two attached hydrogens (primary N) is 1. The molecule has 2 N–H and O–H groups in total. The molecule has 0 spiro atoms. The minimum absolute atomic E-state index is 0.249. The fourth-order valence-corrected chi connectivity index (χ4v) is 2.22. The van der Waals surface area contributed by atoms with Crippen LogP contribution in [0.2, 0.25) is 0 Å². The van der Waals surface area contributed by atoms with Crippen LogP contribution in [0, 0.1) is 5.82 Å². The Labute approximate surface area is 88.9 Å². The average molecular weight is 213 g/mol. The highest BCUT2D eigenvalue weighted by Crippen LogP contribution is 2.20. The zero-order valence-electron chi connectivity index (χ0n) is 8.42. The van der Waals surface area contributed by atoms with Gasteiger partial charge in [0.2, 0.25) is 0 Å². The van der Waals surface area contributed by atoms with E-state index in [-0.39, 0.29) is 11.5 Å². The maximum Gasteiger partial charge on any atom is 0.150 e. The van der Waals surface area contributed by atoms with Crippen molar-refractivity contribution in [2.24, 2.45) is 0 Å². The standard InChI is InChI=1S/C11H16FNS/c1-2-3-7-14-8-9-5-4-6-10(13)11(9)12/h4-6H,2-3,7-8,13H2,1H3. The molecule has 0 saturated carbocycles. The van der Waals surface area contributed by atoms with Gasteiger partial charge in [0.1, 0.15) is 5.82 Å². The van der Waals surface area contributed by atoms with Crippen LogP contribution in [0.3, 0.4) is 0 Å². The summed E-state index contributed by atoms with van der Waals surface area (Å²) in [4.78, 5) is 0. The summed E-state index contributed by atoms with van der Waals surface area (Å²) in [7, 11) is 0. The van der Waals surface area contributed by atoms with Crippen molar-refractivity contribution in [3.8, 4) is 0 Å². The molecule has 0 aliphatic rings. The van der Waals surface area contributed by atoms with Crippen molar-refractivity contribution < 1.29 is 4.39 Å². The molecule has 0 fully saturated rings. The lowest BCUT2D eigenvalue weighted by molar-refractivity contribution is 0.622. The van der Waals surface area contributed by atoms with Gasteiger partial charge in [-0.15, -0.1) is 0 Å². The van der Waals surface area contributed by atoms with Crippen LogP contribution in [0.25, 0.3) is 0 Å². The molecule has 0 aromatic heterocycles. The van der Waals surface area contributed by atoms with Gasteiger partial charge in [0.25, 0.3) is 0 Å². The molecule has 1 aromatic rings. The van der Waals surface area contributed by atoms with Crippen LogP contribution in [0.15, 0.2) is 18.2 Å². The minimum atomic E-state index is -0.253. The minimum Gasteiger partial charge on any atom is -0.396 e. The number of rotatable bonds is 5. The second-order valence-electron chi connectivity index (χ2n) is 3.23. The molecule has 14 heavy (non-hydrogen) atoms. The Balaban J connectivity index is 2.46. The van der Waals surface area contributed by atoms with E-state index in [0.717, 1.165) is 11.5 Å². The van der Waals surface area contributed by atoms with Crippen molar-refractivity contribution >= 4 is 17.4 Å². The first-order chi connectivity index (χ1) is 6.75. The number of nitrogen functional groups attached to an aromatic ring is 1. The molecule has 0 heterocycles. The summed E-state index contributed by atoms with van der Waals surface area (Å²) in [5.41, 5.74) is 6.43. The van der Waals surface area contributed by atoms with Gasteiger partial charge < -0.3 is 5.73 Å². The summed E-state index contributed by atoms with van der Waals surface area (Å²) in [5.74, 6) is 1.55. The molecule has 3 heteroatoms. The molecule has 0 atom stereocenters. The van der Waals surface area contributed by atoms with Crippen LogP contribution in [0.4, 0.5) is 10.1 Å². The van der Waals surface area contributed by atoms with E-state index in [9.17, 15) is 4.39 Å². The van der Waals surface area contributed by atoms with E-state index in [1.54, 1.807) is 30.0 Å². The monoisotopic (exact) mass is 213 g/mol. The van der Waals surface area contributed by atoms with Gasteiger partial charge in [-0.2, -0.15) is 11.8 Å². The van der Waals surface area contributed by atoms with E-state index in [1.165, 1.54) is 12.8 Å². The topological polar surface area (TPSA) is 26.0 Å². The maximum atomic E-state index is 13.4. The van der Waals surface area contributed by atoms with E-state index >= 15 is 0 Å². The highest BCUT2D eigenvalue weighted by atomic mass is 32.2. The third-order valence-corrected chi connectivity index (χ3v) is 3.10. The predicted molar refractivity (Wildman–Crippen MR) is 61.9 cm³/mol. The fraction of sp³-hybridized carbons (Fsp3) is 0.455. The second kappa shape index (κ2) is 5.91. The highest BCUT2D eigenvalue weighted by Gasteiger charge is 2.04. The molecule has 1 aromatic carbocycles. The van der Waals surface area contributed by atoms with E-state index in [2.05, 4.69) is 6.92 Å². The Kier molecular flexibility index (Phi) is 4.80. The molecule has 0 unspecified atom stereocenters. The average Bonchev–Trinajstić information content (AvgIpc) is 2.19. The van der Waals surface area contributed by atoms with Crippen LogP contribution in [-0.2, 0) is 5.75 Å². The number of hydrogen-bond acceptors (Lipinski definition) is 2. The second-order valence-corrected chi connectivity index (χ2v) is 4.33. The summed E-state index contributed by atoms with van der Waals surface area (Å²) in [5, 5.41) is 0. The van der Waals surface area contributed by atoms with Gasteiger partial charge in [-0.1, -0.05) is 25.5 Å². The molecule has 0 saturated heterocycles. The number of benzene rings is 1.